The molecule has 2 unspecified atom stereocenters. The first-order chi connectivity index (χ1) is 17.8. The maximum atomic E-state index is 13.6. The van der Waals surface area contributed by atoms with Crippen LogP contribution in [0.4, 0.5) is 11.4 Å². The van der Waals surface area contributed by atoms with Gasteiger partial charge in [-0.05, 0) is 48.0 Å². The van der Waals surface area contributed by atoms with Crippen LogP contribution in [0.5, 0.6) is 17.2 Å². The van der Waals surface area contributed by atoms with Crippen molar-refractivity contribution in [3.63, 3.8) is 0 Å². The lowest BCUT2D eigenvalue weighted by atomic mass is 9.86. The molecule has 3 amide bonds. The number of imide groups is 1. The van der Waals surface area contributed by atoms with Gasteiger partial charge >= 0.3 is 0 Å². The van der Waals surface area contributed by atoms with Crippen molar-refractivity contribution < 1.29 is 33.5 Å². The fourth-order valence-corrected chi connectivity index (χ4v) is 4.81. The molecule has 11 heteroatoms. The van der Waals surface area contributed by atoms with E-state index in [0.717, 1.165) is 11.0 Å². The van der Waals surface area contributed by atoms with Crippen LogP contribution in [-0.4, -0.2) is 54.9 Å². The summed E-state index contributed by atoms with van der Waals surface area (Å²) in [7, 11) is 4.48. The fourth-order valence-electron chi connectivity index (χ4n) is 4.81. The van der Waals surface area contributed by atoms with E-state index in [-0.39, 0.29) is 11.1 Å². The van der Waals surface area contributed by atoms with E-state index in [1.165, 1.54) is 38.4 Å². The summed E-state index contributed by atoms with van der Waals surface area (Å²) in [6, 6.07) is 13.6. The topological polar surface area (TPSA) is 129 Å². The van der Waals surface area contributed by atoms with E-state index in [4.69, 9.17) is 14.2 Å². The number of nitro benzene ring substituents is 1. The van der Waals surface area contributed by atoms with Gasteiger partial charge in [-0.1, -0.05) is 12.1 Å². The number of hydrogen-bond acceptors (Lipinski definition) is 8. The first kappa shape index (κ1) is 23.8. The number of rotatable bonds is 7. The van der Waals surface area contributed by atoms with Gasteiger partial charge in [0.1, 0.15) is 17.4 Å². The van der Waals surface area contributed by atoms with Crippen molar-refractivity contribution in [1.82, 2.24) is 4.90 Å². The summed E-state index contributed by atoms with van der Waals surface area (Å²) in [5.74, 6) is -0.718. The molecule has 188 valence electrons. The zero-order chi connectivity index (χ0) is 26.4. The summed E-state index contributed by atoms with van der Waals surface area (Å²) >= 11 is 0. The van der Waals surface area contributed by atoms with Gasteiger partial charge in [-0.2, -0.15) is 0 Å². The summed E-state index contributed by atoms with van der Waals surface area (Å²) < 4.78 is 15.9. The van der Waals surface area contributed by atoms with E-state index in [2.05, 4.69) is 0 Å². The van der Waals surface area contributed by atoms with E-state index in [1.54, 1.807) is 42.5 Å². The molecule has 3 aromatic carbocycles. The Kier molecular flexibility index (Phi) is 5.75. The molecule has 11 nitrogen and oxygen atoms in total. The van der Waals surface area contributed by atoms with Crippen molar-refractivity contribution in [2.75, 3.05) is 26.2 Å². The van der Waals surface area contributed by atoms with Gasteiger partial charge in [0.15, 0.2) is 11.5 Å². The zero-order valence-electron chi connectivity index (χ0n) is 20.0. The van der Waals surface area contributed by atoms with E-state index in [9.17, 15) is 24.5 Å². The highest BCUT2D eigenvalue weighted by atomic mass is 16.6. The number of β-lactam (4-membered cyclic amide) rings is 1. The van der Waals surface area contributed by atoms with Gasteiger partial charge < -0.3 is 19.1 Å². The van der Waals surface area contributed by atoms with Crippen LogP contribution in [0.25, 0.3) is 0 Å². The molecule has 0 spiro atoms. The third-order valence-corrected chi connectivity index (χ3v) is 6.57. The second kappa shape index (κ2) is 8.94. The number of carbonyl (C=O) groups excluding carboxylic acids is 3. The Labute approximate surface area is 210 Å². The lowest BCUT2D eigenvalue weighted by molar-refractivity contribution is -0.385. The van der Waals surface area contributed by atoms with E-state index in [0.29, 0.717) is 28.5 Å². The SMILES string of the molecule is COc1ccc(N2C(=O)C(N3C(=O)c4cccc([N+](=O)[O-])c4C3=O)C2c2ccc(OC)c(OC)c2)cc1. The number of hydrogen-bond donors (Lipinski definition) is 0. The average Bonchev–Trinajstić information content (AvgIpc) is 3.16. The maximum Gasteiger partial charge on any atom is 0.282 e. The minimum Gasteiger partial charge on any atom is -0.497 e. The Morgan fingerprint density at radius 3 is 2.11 bits per heavy atom. The minimum absolute atomic E-state index is 0.110. The number of benzene rings is 3. The molecule has 0 aliphatic carbocycles. The summed E-state index contributed by atoms with van der Waals surface area (Å²) in [4.78, 5) is 53.5. The highest BCUT2D eigenvalue weighted by Gasteiger charge is 2.58. The number of amides is 3. The van der Waals surface area contributed by atoms with Gasteiger partial charge in [0.25, 0.3) is 23.4 Å². The van der Waals surface area contributed by atoms with Crippen molar-refractivity contribution in [2.24, 2.45) is 0 Å². The van der Waals surface area contributed by atoms with Gasteiger partial charge in [-0.25, -0.2) is 0 Å². The molecule has 2 atom stereocenters. The van der Waals surface area contributed by atoms with Crippen molar-refractivity contribution in [3.8, 4) is 17.2 Å². The molecule has 0 bridgehead atoms. The Bertz CT molecular complexity index is 1450. The van der Waals surface area contributed by atoms with Crippen molar-refractivity contribution in [3.05, 3.63) is 87.5 Å². The van der Waals surface area contributed by atoms with E-state index >= 15 is 0 Å². The predicted octanol–water partition coefficient (Wildman–Crippen LogP) is 3.37. The minimum atomic E-state index is -1.23. The van der Waals surface area contributed by atoms with Gasteiger partial charge in [0, 0.05) is 11.8 Å². The summed E-state index contributed by atoms with van der Waals surface area (Å²) in [5.41, 5.74) is 0.175. The van der Waals surface area contributed by atoms with E-state index < -0.39 is 40.4 Å². The normalized spacial score (nSPS) is 18.4. The van der Waals surface area contributed by atoms with Crippen LogP contribution in [0, 0.1) is 10.1 Å². The molecule has 2 heterocycles. The van der Waals surface area contributed by atoms with Crippen LogP contribution < -0.4 is 19.1 Å². The zero-order valence-corrected chi connectivity index (χ0v) is 20.0. The molecule has 2 aliphatic rings. The van der Waals surface area contributed by atoms with Gasteiger partial charge in [-0.15, -0.1) is 0 Å². The smallest absolute Gasteiger partial charge is 0.282 e. The lowest BCUT2D eigenvalue weighted by Crippen LogP contribution is -2.67. The van der Waals surface area contributed by atoms with Crippen molar-refractivity contribution in [2.45, 2.75) is 12.1 Å². The molecule has 1 fully saturated rings. The Morgan fingerprint density at radius 1 is 0.784 bits per heavy atom. The molecule has 1 saturated heterocycles. The largest absolute Gasteiger partial charge is 0.497 e. The van der Waals surface area contributed by atoms with Crippen LogP contribution in [0.1, 0.15) is 32.3 Å². The van der Waals surface area contributed by atoms with Crippen LogP contribution in [-0.2, 0) is 4.79 Å². The molecule has 2 aliphatic heterocycles. The number of fused-ring (bicyclic) bond motifs is 1. The molecule has 3 aromatic rings. The number of methoxy groups -OCH3 is 3. The second-order valence-corrected chi connectivity index (χ2v) is 8.35. The molecular formula is C26H21N3O8. The maximum absolute atomic E-state index is 13.6. The van der Waals surface area contributed by atoms with Crippen LogP contribution in [0.2, 0.25) is 0 Å². The third-order valence-electron chi connectivity index (χ3n) is 6.57. The highest BCUT2D eigenvalue weighted by Crippen LogP contribution is 2.46. The number of nitrogens with zero attached hydrogens (tertiary/aromatic N) is 3. The van der Waals surface area contributed by atoms with Crippen LogP contribution >= 0.6 is 0 Å². The predicted molar refractivity (Wildman–Crippen MR) is 130 cm³/mol. The van der Waals surface area contributed by atoms with Crippen molar-refractivity contribution in [1.29, 1.82) is 0 Å². The number of carbonyl (C=O) groups is 3. The molecule has 0 N–H and O–H groups in total. The van der Waals surface area contributed by atoms with Gasteiger partial charge in [0.2, 0.25) is 0 Å². The highest BCUT2D eigenvalue weighted by molar-refractivity contribution is 6.26. The number of anilines is 1. The molecule has 37 heavy (non-hydrogen) atoms. The molecule has 0 radical (unpaired) electrons. The first-order valence-electron chi connectivity index (χ1n) is 11.2. The lowest BCUT2D eigenvalue weighted by Gasteiger charge is -2.49. The summed E-state index contributed by atoms with van der Waals surface area (Å²) in [5, 5.41) is 11.6. The van der Waals surface area contributed by atoms with Crippen LogP contribution in [0.15, 0.2) is 60.7 Å². The Hall–Kier alpha value is -4.93. The monoisotopic (exact) mass is 503 g/mol. The Morgan fingerprint density at radius 2 is 1.49 bits per heavy atom. The first-order valence-corrected chi connectivity index (χ1v) is 11.2. The molecule has 0 saturated carbocycles. The molecule has 0 aromatic heterocycles. The second-order valence-electron chi connectivity index (χ2n) is 8.35. The average molecular weight is 503 g/mol. The van der Waals surface area contributed by atoms with Crippen molar-refractivity contribution >= 4 is 29.1 Å². The quantitative estimate of drug-likeness (QED) is 0.208. The molecular weight excluding hydrogens is 482 g/mol. The number of nitro groups is 1. The standard InChI is InChI=1S/C26H21N3O8/c1-35-16-10-8-15(9-11-16)27-22(14-7-12-19(36-2)20(13-14)37-3)23(26(27)32)28-24(30)17-5-4-6-18(29(33)34)21(17)25(28)31/h4-13,22-23H,1-3H3. The third kappa shape index (κ3) is 3.54. The summed E-state index contributed by atoms with van der Waals surface area (Å²) in [6.45, 7) is 0. The Balaban J connectivity index is 1.61. The van der Waals surface area contributed by atoms with E-state index in [1.807, 2.05) is 0 Å². The van der Waals surface area contributed by atoms with Crippen LogP contribution in [0.3, 0.4) is 0 Å². The fraction of sp³-hybridized carbons (Fsp3) is 0.192. The number of ether oxygens (including phenoxy) is 3. The van der Waals surface area contributed by atoms with Gasteiger partial charge in [-0.3, -0.25) is 29.4 Å². The molecule has 5 rings (SSSR count). The summed E-state index contributed by atoms with van der Waals surface area (Å²) in [6.07, 6.45) is 0. The van der Waals surface area contributed by atoms with Gasteiger partial charge in [0.05, 0.1) is 37.9 Å².